The summed E-state index contributed by atoms with van der Waals surface area (Å²) in [6, 6.07) is 1.99. The lowest BCUT2D eigenvalue weighted by Gasteiger charge is -2.33. The lowest BCUT2D eigenvalue weighted by molar-refractivity contribution is -0.135. The summed E-state index contributed by atoms with van der Waals surface area (Å²) in [5.41, 5.74) is 0. The molecule has 1 aliphatic heterocycles. The van der Waals surface area contributed by atoms with Crippen LogP contribution in [0, 0.1) is 17.7 Å². The molecule has 0 bridgehead atoms. The number of nitrogens with one attached hydrogen (secondary N) is 1. The molecule has 0 spiro atoms. The summed E-state index contributed by atoms with van der Waals surface area (Å²) in [6.45, 7) is 4.41. The molecule has 2 atom stereocenters. The maximum Gasteiger partial charge on any atom is 0.281 e. The highest BCUT2D eigenvalue weighted by Gasteiger charge is 2.36. The molecule has 1 saturated heterocycles. The van der Waals surface area contributed by atoms with E-state index in [0.29, 0.717) is 19.4 Å². The number of ether oxygens (including phenoxy) is 1. The first-order chi connectivity index (χ1) is 10.3. The minimum absolute atomic E-state index is 0.0997. The van der Waals surface area contributed by atoms with E-state index in [-0.39, 0.29) is 17.0 Å². The number of carbonyl (C=O) groups excluding carboxylic acids is 1. The third-order valence-corrected chi connectivity index (χ3v) is 4.83. The van der Waals surface area contributed by atoms with E-state index in [2.05, 4.69) is 4.98 Å². The Balaban J connectivity index is 2.14. The fourth-order valence-corrected chi connectivity index (χ4v) is 3.48. The molecule has 0 radical (unpaired) electrons. The van der Waals surface area contributed by atoms with Gasteiger partial charge in [0.25, 0.3) is 10.0 Å². The van der Waals surface area contributed by atoms with Crippen LogP contribution in [0.5, 0.6) is 0 Å². The molecule has 1 aromatic rings. The first kappa shape index (κ1) is 16.8. The molecule has 0 saturated carbocycles. The molecule has 1 aliphatic rings. The van der Waals surface area contributed by atoms with Gasteiger partial charge in [0.1, 0.15) is 5.82 Å². The molecule has 1 aromatic heterocycles. The number of amides is 1. The Morgan fingerprint density at radius 1 is 1.45 bits per heavy atom. The zero-order valence-corrected chi connectivity index (χ0v) is 13.3. The van der Waals surface area contributed by atoms with E-state index in [9.17, 15) is 17.6 Å². The predicted octanol–water partition coefficient (Wildman–Crippen LogP) is 1.48. The molecule has 1 fully saturated rings. The monoisotopic (exact) mass is 330 g/mol. The number of rotatable bonds is 4. The third kappa shape index (κ3) is 3.80. The number of nitrogens with zero attached hydrogens (tertiary/aromatic N) is 1. The van der Waals surface area contributed by atoms with Gasteiger partial charge in [0.05, 0.1) is 18.2 Å². The van der Waals surface area contributed by atoms with Crippen LogP contribution in [0.3, 0.4) is 0 Å². The van der Waals surface area contributed by atoms with Crippen molar-refractivity contribution in [1.82, 2.24) is 9.71 Å². The predicted molar refractivity (Wildman–Crippen MR) is 76.8 cm³/mol. The fourth-order valence-electron chi connectivity index (χ4n) is 2.52. The van der Waals surface area contributed by atoms with Crippen LogP contribution in [-0.4, -0.2) is 32.0 Å². The lowest BCUT2D eigenvalue weighted by atomic mass is 9.87. The van der Waals surface area contributed by atoms with E-state index in [1.807, 2.05) is 18.6 Å². The second kappa shape index (κ2) is 6.70. The summed E-state index contributed by atoms with van der Waals surface area (Å²) in [5.74, 6) is -1.68. The Morgan fingerprint density at radius 2 is 2.18 bits per heavy atom. The zero-order valence-electron chi connectivity index (χ0n) is 12.5. The van der Waals surface area contributed by atoms with E-state index in [1.165, 1.54) is 0 Å². The first-order valence-corrected chi connectivity index (χ1v) is 8.59. The summed E-state index contributed by atoms with van der Waals surface area (Å²) in [5, 5.41) is -0.389. The van der Waals surface area contributed by atoms with Gasteiger partial charge in [-0.2, -0.15) is 8.42 Å². The summed E-state index contributed by atoms with van der Waals surface area (Å²) < 4.78 is 44.6. The lowest BCUT2D eigenvalue weighted by Crippen LogP contribution is -2.45. The number of hydrogen-bond acceptors (Lipinski definition) is 5. The Labute approximate surface area is 129 Å². The van der Waals surface area contributed by atoms with Crippen LogP contribution in [0.15, 0.2) is 23.4 Å². The van der Waals surface area contributed by atoms with E-state index >= 15 is 0 Å². The summed E-state index contributed by atoms with van der Waals surface area (Å²) in [4.78, 5) is 15.8. The Hall–Kier alpha value is -1.54. The molecule has 8 heteroatoms. The van der Waals surface area contributed by atoms with Gasteiger partial charge < -0.3 is 4.74 Å². The molecule has 6 nitrogen and oxygen atoms in total. The van der Waals surface area contributed by atoms with E-state index < -0.39 is 27.7 Å². The number of aromatic nitrogens is 1. The van der Waals surface area contributed by atoms with Crippen LogP contribution in [0.25, 0.3) is 0 Å². The molecule has 0 aliphatic carbocycles. The molecule has 0 unspecified atom stereocenters. The van der Waals surface area contributed by atoms with Crippen molar-refractivity contribution < 1.29 is 22.3 Å². The van der Waals surface area contributed by atoms with E-state index in [0.717, 1.165) is 18.3 Å². The van der Waals surface area contributed by atoms with Gasteiger partial charge in [-0.15, -0.1) is 0 Å². The molecular formula is C14H19FN2O4S. The molecule has 122 valence electrons. The van der Waals surface area contributed by atoms with Crippen molar-refractivity contribution in [3.63, 3.8) is 0 Å². The average molecular weight is 330 g/mol. The van der Waals surface area contributed by atoms with Crippen molar-refractivity contribution in [1.29, 1.82) is 0 Å². The minimum atomic E-state index is -4.11. The highest BCUT2D eigenvalue weighted by molar-refractivity contribution is 7.90. The molecule has 22 heavy (non-hydrogen) atoms. The van der Waals surface area contributed by atoms with Gasteiger partial charge in [-0.05, 0) is 30.9 Å². The number of pyridine rings is 1. The van der Waals surface area contributed by atoms with Gasteiger partial charge in [0.15, 0.2) is 5.03 Å². The van der Waals surface area contributed by atoms with Gasteiger partial charge in [-0.25, -0.2) is 14.1 Å². The number of carbonyl (C=O) groups is 1. The normalized spacial score (nSPS) is 22.5. The summed E-state index contributed by atoms with van der Waals surface area (Å²) >= 11 is 0. The van der Waals surface area contributed by atoms with Gasteiger partial charge in [-0.3, -0.25) is 4.79 Å². The second-order valence-electron chi connectivity index (χ2n) is 5.61. The van der Waals surface area contributed by atoms with Crippen molar-refractivity contribution in [3.8, 4) is 0 Å². The van der Waals surface area contributed by atoms with Crippen molar-refractivity contribution in [2.45, 2.75) is 37.8 Å². The molecule has 1 N–H and O–H groups in total. The third-order valence-electron chi connectivity index (χ3n) is 3.57. The van der Waals surface area contributed by atoms with Gasteiger partial charge in [-0.1, -0.05) is 13.8 Å². The Bertz CT molecular complexity index is 631. The number of sulfonamides is 1. The van der Waals surface area contributed by atoms with Crippen LogP contribution >= 0.6 is 0 Å². The van der Waals surface area contributed by atoms with Gasteiger partial charge in [0, 0.05) is 6.61 Å². The largest absolute Gasteiger partial charge is 0.377 e. The van der Waals surface area contributed by atoms with Gasteiger partial charge in [0.2, 0.25) is 5.91 Å². The van der Waals surface area contributed by atoms with Crippen molar-refractivity contribution in [2.75, 3.05) is 6.61 Å². The molecule has 0 aromatic carbocycles. The van der Waals surface area contributed by atoms with Crippen molar-refractivity contribution in [3.05, 3.63) is 24.1 Å². The molecule has 2 heterocycles. The Kier molecular flexibility index (Phi) is 5.12. The number of hydrogen-bond donors (Lipinski definition) is 1. The quantitative estimate of drug-likeness (QED) is 0.904. The maximum atomic E-state index is 12.8. The van der Waals surface area contributed by atoms with E-state index in [1.54, 1.807) is 0 Å². The summed E-state index contributed by atoms with van der Waals surface area (Å²) in [7, 11) is -4.11. The Morgan fingerprint density at radius 3 is 2.77 bits per heavy atom. The fraction of sp³-hybridized carbons (Fsp3) is 0.571. The van der Waals surface area contributed by atoms with Crippen LogP contribution in [0.4, 0.5) is 4.39 Å². The standard InChI is InChI=1S/C14H19FN2O4S/c1-9(2)13-11(4-3-7-21-13)14(18)17-22(19,20)12-6-5-10(15)8-16-12/h5-6,8-9,11,13H,3-4,7H2,1-2H3,(H,17,18)/t11-,13-/m0/s1. The van der Waals surface area contributed by atoms with Crippen LogP contribution < -0.4 is 4.72 Å². The second-order valence-corrected chi connectivity index (χ2v) is 7.24. The van der Waals surface area contributed by atoms with Crippen molar-refractivity contribution in [2.24, 2.45) is 11.8 Å². The highest BCUT2D eigenvalue weighted by Crippen LogP contribution is 2.26. The molecular weight excluding hydrogens is 311 g/mol. The van der Waals surface area contributed by atoms with Crippen LogP contribution in [0.2, 0.25) is 0 Å². The maximum absolute atomic E-state index is 12.8. The average Bonchev–Trinajstić information content (AvgIpc) is 2.47. The SMILES string of the molecule is CC(C)[C@@H]1OCCC[C@@H]1C(=O)NS(=O)(=O)c1ccc(F)cn1. The van der Waals surface area contributed by atoms with Crippen LogP contribution in [-0.2, 0) is 19.6 Å². The van der Waals surface area contributed by atoms with Crippen molar-refractivity contribution >= 4 is 15.9 Å². The zero-order chi connectivity index (χ0) is 16.3. The molecule has 2 rings (SSSR count). The van der Waals surface area contributed by atoms with Gasteiger partial charge >= 0.3 is 0 Å². The number of halogens is 1. The highest BCUT2D eigenvalue weighted by atomic mass is 32.2. The van der Waals surface area contributed by atoms with Crippen LogP contribution in [0.1, 0.15) is 26.7 Å². The first-order valence-electron chi connectivity index (χ1n) is 7.11. The van der Waals surface area contributed by atoms with E-state index in [4.69, 9.17) is 4.74 Å². The smallest absolute Gasteiger partial charge is 0.281 e. The summed E-state index contributed by atoms with van der Waals surface area (Å²) in [6.07, 6.45) is 1.75. The minimum Gasteiger partial charge on any atom is -0.377 e. The molecule has 1 amide bonds. The topological polar surface area (TPSA) is 85.4 Å².